The average Bonchev–Trinajstić information content (AvgIpc) is 3.17. The third kappa shape index (κ3) is 5.12. The third-order valence-electron chi connectivity index (χ3n) is 4.89. The number of anilines is 1. The zero-order chi connectivity index (χ0) is 23.4. The van der Waals surface area contributed by atoms with Crippen LogP contribution in [0.2, 0.25) is 0 Å². The summed E-state index contributed by atoms with van der Waals surface area (Å²) >= 11 is 0. The first kappa shape index (κ1) is 21.9. The first-order chi connectivity index (χ1) is 15.9. The highest BCUT2D eigenvalue weighted by Gasteiger charge is 2.26. The number of rotatable bonds is 6. The van der Waals surface area contributed by atoms with E-state index in [0.717, 1.165) is 11.4 Å². The lowest BCUT2D eigenvalue weighted by molar-refractivity contribution is -0.125. The van der Waals surface area contributed by atoms with E-state index in [2.05, 4.69) is 15.4 Å². The first-order valence-corrected chi connectivity index (χ1v) is 10.2. The molecule has 0 saturated carbocycles. The molecule has 1 unspecified atom stereocenters. The summed E-state index contributed by atoms with van der Waals surface area (Å²) in [4.78, 5) is 30.1. The molecule has 8 heteroatoms. The topological polar surface area (TPSA) is 86.1 Å². The highest BCUT2D eigenvalue weighted by Crippen LogP contribution is 2.22. The molecule has 0 aliphatic rings. The number of aryl methyl sites for hydroxylation is 2. The third-order valence-corrected chi connectivity index (χ3v) is 4.89. The highest BCUT2D eigenvalue weighted by molar-refractivity contribution is 5.98. The number of aromatic nitrogens is 3. The van der Waals surface area contributed by atoms with Crippen molar-refractivity contribution in [2.24, 2.45) is 0 Å². The number of amides is 1. The summed E-state index contributed by atoms with van der Waals surface area (Å²) in [5, 5.41) is 7.03. The van der Waals surface area contributed by atoms with Crippen LogP contribution in [0.4, 0.5) is 10.1 Å². The molecule has 1 N–H and O–H groups in total. The summed E-state index contributed by atoms with van der Waals surface area (Å²) in [5.41, 5.74) is 2.84. The van der Waals surface area contributed by atoms with Gasteiger partial charge in [-0.15, -0.1) is 0 Å². The average molecular weight is 444 g/mol. The summed E-state index contributed by atoms with van der Waals surface area (Å²) in [6.45, 7) is 3.80. The van der Waals surface area contributed by atoms with Gasteiger partial charge in [-0.3, -0.25) is 4.79 Å². The molecule has 33 heavy (non-hydrogen) atoms. The molecule has 0 bridgehead atoms. The van der Waals surface area contributed by atoms with E-state index in [4.69, 9.17) is 4.74 Å². The van der Waals surface area contributed by atoms with Gasteiger partial charge in [-0.05, 0) is 56.3 Å². The minimum Gasteiger partial charge on any atom is -0.444 e. The molecule has 0 aliphatic heterocycles. The minimum absolute atomic E-state index is 0.191. The molecule has 2 aromatic carbocycles. The molecular formula is C25H21FN4O3. The van der Waals surface area contributed by atoms with Crippen molar-refractivity contribution in [2.45, 2.75) is 20.0 Å². The number of pyridine rings is 1. The van der Waals surface area contributed by atoms with Gasteiger partial charge in [-0.1, -0.05) is 30.3 Å². The molecule has 4 aromatic rings. The standard InChI is InChI=1S/C25H21FN4O3/c1-16-14-17(2)30(29-16)22-13-8-19(15-27-22)25(32)33-23(18-6-4-3-5-7-18)24(31)28-21-11-9-20(26)10-12-21/h3-15,23H,1-2H3,(H,28,31). The molecule has 0 saturated heterocycles. The van der Waals surface area contributed by atoms with E-state index in [9.17, 15) is 14.0 Å². The summed E-state index contributed by atoms with van der Waals surface area (Å²) in [6.07, 6.45) is 0.174. The highest BCUT2D eigenvalue weighted by atomic mass is 19.1. The van der Waals surface area contributed by atoms with E-state index >= 15 is 0 Å². The van der Waals surface area contributed by atoms with Crippen molar-refractivity contribution in [2.75, 3.05) is 5.32 Å². The monoisotopic (exact) mass is 444 g/mol. The van der Waals surface area contributed by atoms with Crippen molar-refractivity contribution in [3.8, 4) is 5.82 Å². The van der Waals surface area contributed by atoms with Gasteiger partial charge in [-0.2, -0.15) is 5.10 Å². The van der Waals surface area contributed by atoms with Crippen LogP contribution in [0.15, 0.2) is 79.0 Å². The van der Waals surface area contributed by atoms with Crippen LogP contribution in [0.1, 0.15) is 33.4 Å². The fraction of sp³-hybridized carbons (Fsp3) is 0.120. The van der Waals surface area contributed by atoms with Gasteiger partial charge in [0.1, 0.15) is 5.82 Å². The number of carbonyl (C=O) groups excluding carboxylic acids is 2. The summed E-state index contributed by atoms with van der Waals surface area (Å²) in [5.74, 6) is -1.12. The second-order valence-electron chi connectivity index (χ2n) is 7.44. The van der Waals surface area contributed by atoms with Gasteiger partial charge in [0.05, 0.1) is 11.3 Å². The number of hydrogen-bond donors (Lipinski definition) is 1. The number of nitrogens with zero attached hydrogens (tertiary/aromatic N) is 3. The molecule has 1 atom stereocenters. The van der Waals surface area contributed by atoms with Crippen LogP contribution in [0, 0.1) is 19.7 Å². The van der Waals surface area contributed by atoms with Gasteiger partial charge in [0, 0.05) is 23.1 Å². The first-order valence-electron chi connectivity index (χ1n) is 10.2. The smallest absolute Gasteiger partial charge is 0.340 e. The summed E-state index contributed by atoms with van der Waals surface area (Å²) < 4.78 is 20.4. The SMILES string of the molecule is Cc1cc(C)n(-c2ccc(C(=O)OC(C(=O)Nc3ccc(F)cc3)c3ccccc3)cn2)n1. The zero-order valence-corrected chi connectivity index (χ0v) is 18.0. The van der Waals surface area contributed by atoms with Crippen LogP contribution in [-0.2, 0) is 9.53 Å². The van der Waals surface area contributed by atoms with Crippen molar-refractivity contribution in [1.82, 2.24) is 14.8 Å². The van der Waals surface area contributed by atoms with Gasteiger partial charge in [0.2, 0.25) is 6.10 Å². The molecule has 2 heterocycles. The maximum atomic E-state index is 13.2. The number of benzene rings is 2. The van der Waals surface area contributed by atoms with Crippen molar-refractivity contribution in [3.63, 3.8) is 0 Å². The Morgan fingerprint density at radius 3 is 2.33 bits per heavy atom. The van der Waals surface area contributed by atoms with E-state index in [1.807, 2.05) is 19.9 Å². The van der Waals surface area contributed by atoms with E-state index in [-0.39, 0.29) is 5.56 Å². The van der Waals surface area contributed by atoms with E-state index in [1.54, 1.807) is 47.1 Å². The maximum absolute atomic E-state index is 13.2. The van der Waals surface area contributed by atoms with Crippen LogP contribution in [0.3, 0.4) is 0 Å². The maximum Gasteiger partial charge on any atom is 0.340 e. The number of carbonyl (C=O) groups is 2. The second-order valence-corrected chi connectivity index (χ2v) is 7.44. The Labute approximate surface area is 189 Å². The summed E-state index contributed by atoms with van der Waals surface area (Å²) in [6, 6.07) is 19.1. The molecule has 0 radical (unpaired) electrons. The van der Waals surface area contributed by atoms with Crippen LogP contribution in [0.5, 0.6) is 0 Å². The Morgan fingerprint density at radius 1 is 1.00 bits per heavy atom. The predicted molar refractivity (Wildman–Crippen MR) is 120 cm³/mol. The van der Waals surface area contributed by atoms with E-state index in [0.29, 0.717) is 17.1 Å². The lowest BCUT2D eigenvalue weighted by atomic mass is 10.1. The molecule has 166 valence electrons. The molecule has 4 rings (SSSR count). The van der Waals surface area contributed by atoms with Gasteiger partial charge in [0.25, 0.3) is 5.91 Å². The van der Waals surface area contributed by atoms with Gasteiger partial charge < -0.3 is 10.1 Å². The molecular weight excluding hydrogens is 423 g/mol. The number of hydrogen-bond acceptors (Lipinski definition) is 5. The molecule has 0 fully saturated rings. The molecule has 2 aromatic heterocycles. The fourth-order valence-electron chi connectivity index (χ4n) is 3.31. The second kappa shape index (κ2) is 9.44. The van der Waals surface area contributed by atoms with Crippen LogP contribution in [-0.4, -0.2) is 26.6 Å². The van der Waals surface area contributed by atoms with Crippen LogP contribution >= 0.6 is 0 Å². The fourth-order valence-corrected chi connectivity index (χ4v) is 3.31. The number of halogens is 1. The van der Waals surface area contributed by atoms with Gasteiger partial charge in [-0.25, -0.2) is 18.9 Å². The Hall–Kier alpha value is -4.33. The Kier molecular flexibility index (Phi) is 6.26. The van der Waals surface area contributed by atoms with E-state index < -0.39 is 23.8 Å². The van der Waals surface area contributed by atoms with Crippen molar-refractivity contribution in [3.05, 3.63) is 107 Å². The quantitative estimate of drug-likeness (QED) is 0.441. The van der Waals surface area contributed by atoms with Gasteiger partial charge in [0.15, 0.2) is 5.82 Å². The van der Waals surface area contributed by atoms with Crippen LogP contribution in [0.25, 0.3) is 5.82 Å². The van der Waals surface area contributed by atoms with E-state index in [1.165, 1.54) is 30.5 Å². The normalized spacial score (nSPS) is 11.6. The summed E-state index contributed by atoms with van der Waals surface area (Å²) in [7, 11) is 0. The zero-order valence-electron chi connectivity index (χ0n) is 18.0. The number of ether oxygens (including phenoxy) is 1. The predicted octanol–water partition coefficient (Wildman–Crippen LogP) is 4.56. The molecule has 1 amide bonds. The molecule has 0 spiro atoms. The molecule has 7 nitrogen and oxygen atoms in total. The Bertz CT molecular complexity index is 1270. The number of esters is 1. The van der Waals surface area contributed by atoms with Crippen molar-refractivity contribution >= 4 is 17.6 Å². The minimum atomic E-state index is -1.21. The molecule has 0 aliphatic carbocycles. The van der Waals surface area contributed by atoms with Crippen molar-refractivity contribution in [1.29, 1.82) is 0 Å². The Balaban J connectivity index is 1.54. The lowest BCUT2D eigenvalue weighted by Gasteiger charge is -2.18. The number of nitrogens with one attached hydrogen (secondary N) is 1. The van der Waals surface area contributed by atoms with Crippen molar-refractivity contribution < 1.29 is 18.7 Å². The lowest BCUT2D eigenvalue weighted by Crippen LogP contribution is -2.26. The largest absolute Gasteiger partial charge is 0.444 e. The van der Waals surface area contributed by atoms with Gasteiger partial charge >= 0.3 is 5.97 Å². The van der Waals surface area contributed by atoms with Crippen LogP contribution < -0.4 is 5.32 Å². The Morgan fingerprint density at radius 2 is 1.73 bits per heavy atom.